The number of carbonyl (C=O) groups is 2. The number of carbonyl (C=O) groups excluding carboxylic acids is 2. The predicted molar refractivity (Wildman–Crippen MR) is 73.8 cm³/mol. The summed E-state index contributed by atoms with van der Waals surface area (Å²) in [6.07, 6.45) is 1.69. The lowest BCUT2D eigenvalue weighted by molar-refractivity contribution is -0.122. The van der Waals surface area contributed by atoms with Gasteiger partial charge in [0.05, 0.1) is 6.26 Å². The van der Waals surface area contributed by atoms with Crippen LogP contribution in [-0.2, 0) is 4.79 Å². The zero-order valence-electron chi connectivity index (χ0n) is 11.1. The summed E-state index contributed by atoms with van der Waals surface area (Å²) in [6, 6.07) is 12.9. The summed E-state index contributed by atoms with van der Waals surface area (Å²) >= 11 is 0. The van der Waals surface area contributed by atoms with E-state index in [0.717, 1.165) is 5.56 Å². The highest BCUT2D eigenvalue weighted by atomic mass is 16.3. The second kappa shape index (κ2) is 6.56. The zero-order chi connectivity index (χ0) is 14.4. The molecule has 1 aromatic carbocycles. The predicted octanol–water partition coefficient (Wildman–Crippen LogP) is 2.23. The highest BCUT2D eigenvalue weighted by Crippen LogP contribution is 2.17. The smallest absolute Gasteiger partial charge is 0.305 e. The summed E-state index contributed by atoms with van der Waals surface area (Å²) in [4.78, 5) is 23.3. The van der Waals surface area contributed by atoms with Gasteiger partial charge in [-0.25, -0.2) is 0 Å². The third-order valence-electron chi connectivity index (χ3n) is 2.92. The van der Waals surface area contributed by atoms with Crippen molar-refractivity contribution in [2.24, 2.45) is 0 Å². The number of rotatable bonds is 4. The molecule has 0 aliphatic carbocycles. The molecule has 104 valence electrons. The van der Waals surface area contributed by atoms with E-state index in [1.165, 1.54) is 12.3 Å². The largest absolute Gasteiger partial charge is 0.459 e. The summed E-state index contributed by atoms with van der Waals surface area (Å²) in [6.45, 7) is 1.96. The Bertz CT molecular complexity index is 564. The Balaban J connectivity index is 1.80. The van der Waals surface area contributed by atoms with Crippen molar-refractivity contribution in [2.75, 3.05) is 0 Å². The molecule has 0 spiro atoms. The molecule has 0 saturated carbocycles. The Labute approximate surface area is 117 Å². The average molecular weight is 272 g/mol. The minimum absolute atomic E-state index is 0.0803. The second-order valence-corrected chi connectivity index (χ2v) is 4.50. The lowest BCUT2D eigenvalue weighted by atomic mass is 9.98. The van der Waals surface area contributed by atoms with E-state index in [-0.39, 0.29) is 17.6 Å². The Morgan fingerprint density at radius 3 is 2.50 bits per heavy atom. The van der Waals surface area contributed by atoms with Crippen LogP contribution >= 0.6 is 0 Å². The normalized spacial score (nSPS) is 11.7. The molecule has 1 atom stereocenters. The van der Waals surface area contributed by atoms with Gasteiger partial charge in [-0.05, 0) is 23.6 Å². The van der Waals surface area contributed by atoms with Crippen molar-refractivity contribution in [1.29, 1.82) is 0 Å². The molecule has 20 heavy (non-hydrogen) atoms. The molecular weight excluding hydrogens is 256 g/mol. The summed E-state index contributed by atoms with van der Waals surface area (Å²) in [5, 5.41) is 0. The maximum Gasteiger partial charge on any atom is 0.305 e. The summed E-state index contributed by atoms with van der Waals surface area (Å²) in [5.74, 6) is -0.491. The minimum Gasteiger partial charge on any atom is -0.459 e. The maximum absolute atomic E-state index is 11.7. The van der Waals surface area contributed by atoms with Crippen molar-refractivity contribution in [3.63, 3.8) is 0 Å². The monoisotopic (exact) mass is 272 g/mol. The van der Waals surface area contributed by atoms with Crippen LogP contribution in [0, 0.1) is 0 Å². The van der Waals surface area contributed by atoms with Crippen LogP contribution in [0.5, 0.6) is 0 Å². The topological polar surface area (TPSA) is 71.3 Å². The van der Waals surface area contributed by atoms with Crippen LogP contribution in [0.3, 0.4) is 0 Å². The van der Waals surface area contributed by atoms with E-state index in [2.05, 4.69) is 10.9 Å². The fraction of sp³-hybridized carbons (Fsp3) is 0.200. The van der Waals surface area contributed by atoms with Crippen LogP contribution in [0.25, 0.3) is 0 Å². The van der Waals surface area contributed by atoms with Gasteiger partial charge in [-0.1, -0.05) is 37.3 Å². The van der Waals surface area contributed by atoms with Gasteiger partial charge in [0.15, 0.2) is 5.76 Å². The van der Waals surface area contributed by atoms with Gasteiger partial charge in [-0.3, -0.25) is 20.4 Å². The number of hydrogen-bond acceptors (Lipinski definition) is 3. The molecule has 0 fully saturated rings. The van der Waals surface area contributed by atoms with Gasteiger partial charge in [0.25, 0.3) is 0 Å². The number of benzene rings is 1. The molecule has 0 saturated heterocycles. The molecule has 5 nitrogen and oxygen atoms in total. The summed E-state index contributed by atoms with van der Waals surface area (Å²) < 4.78 is 4.91. The Kier molecular flexibility index (Phi) is 4.55. The first-order valence-corrected chi connectivity index (χ1v) is 6.34. The van der Waals surface area contributed by atoms with Crippen molar-refractivity contribution < 1.29 is 14.0 Å². The van der Waals surface area contributed by atoms with Gasteiger partial charge in [-0.15, -0.1) is 0 Å². The first-order valence-electron chi connectivity index (χ1n) is 6.34. The van der Waals surface area contributed by atoms with Crippen molar-refractivity contribution in [3.05, 3.63) is 60.1 Å². The van der Waals surface area contributed by atoms with E-state index in [9.17, 15) is 9.59 Å². The maximum atomic E-state index is 11.7. The van der Waals surface area contributed by atoms with E-state index < -0.39 is 5.91 Å². The van der Waals surface area contributed by atoms with Crippen molar-refractivity contribution in [3.8, 4) is 0 Å². The lowest BCUT2D eigenvalue weighted by Gasteiger charge is -2.12. The summed E-state index contributed by atoms with van der Waals surface area (Å²) in [5.41, 5.74) is 5.77. The molecule has 0 bridgehead atoms. The molecule has 1 unspecified atom stereocenters. The van der Waals surface area contributed by atoms with E-state index in [4.69, 9.17) is 4.42 Å². The van der Waals surface area contributed by atoms with Crippen molar-refractivity contribution in [2.45, 2.75) is 19.3 Å². The van der Waals surface area contributed by atoms with Crippen LogP contribution in [0.15, 0.2) is 53.1 Å². The molecular formula is C15H16N2O3. The average Bonchev–Trinajstić information content (AvgIpc) is 3.00. The molecule has 2 N–H and O–H groups in total. The number of nitrogens with one attached hydrogen (secondary N) is 2. The number of furan rings is 1. The fourth-order valence-corrected chi connectivity index (χ4v) is 1.82. The quantitative estimate of drug-likeness (QED) is 0.838. The Morgan fingerprint density at radius 1 is 1.10 bits per heavy atom. The van der Waals surface area contributed by atoms with Gasteiger partial charge in [0.1, 0.15) is 0 Å². The number of amides is 2. The molecule has 2 amide bonds. The van der Waals surface area contributed by atoms with Crippen LogP contribution in [0.1, 0.15) is 35.4 Å². The standard InChI is InChI=1S/C15H16N2O3/c1-11(12-6-3-2-4-7-12)10-14(18)16-17-15(19)13-8-5-9-20-13/h2-9,11H,10H2,1H3,(H,16,18)(H,17,19). The SMILES string of the molecule is CC(CC(=O)NNC(=O)c1ccco1)c1ccccc1. The van der Waals surface area contributed by atoms with E-state index in [1.54, 1.807) is 6.07 Å². The Hall–Kier alpha value is -2.56. The number of hydrazine groups is 1. The lowest BCUT2D eigenvalue weighted by Crippen LogP contribution is -2.41. The van der Waals surface area contributed by atoms with Crippen molar-refractivity contribution in [1.82, 2.24) is 10.9 Å². The van der Waals surface area contributed by atoms with Crippen LogP contribution in [0.2, 0.25) is 0 Å². The molecule has 1 aromatic heterocycles. The Morgan fingerprint density at radius 2 is 1.85 bits per heavy atom. The molecule has 5 heteroatoms. The number of hydrogen-bond donors (Lipinski definition) is 2. The van der Waals surface area contributed by atoms with Gasteiger partial charge in [-0.2, -0.15) is 0 Å². The van der Waals surface area contributed by atoms with E-state index in [0.29, 0.717) is 6.42 Å². The van der Waals surface area contributed by atoms with Crippen molar-refractivity contribution >= 4 is 11.8 Å². The highest BCUT2D eigenvalue weighted by Gasteiger charge is 2.13. The molecule has 1 heterocycles. The van der Waals surface area contributed by atoms with Crippen LogP contribution in [-0.4, -0.2) is 11.8 Å². The molecule has 0 aliphatic rings. The van der Waals surface area contributed by atoms with E-state index in [1.807, 2.05) is 37.3 Å². The van der Waals surface area contributed by atoms with Crippen LogP contribution < -0.4 is 10.9 Å². The summed E-state index contributed by atoms with van der Waals surface area (Å²) in [7, 11) is 0. The van der Waals surface area contributed by atoms with Gasteiger partial charge in [0.2, 0.25) is 5.91 Å². The van der Waals surface area contributed by atoms with Gasteiger partial charge < -0.3 is 4.42 Å². The molecule has 2 rings (SSSR count). The first-order chi connectivity index (χ1) is 9.66. The molecule has 0 radical (unpaired) electrons. The highest BCUT2D eigenvalue weighted by molar-refractivity contribution is 5.92. The first kappa shape index (κ1) is 13.9. The van der Waals surface area contributed by atoms with E-state index >= 15 is 0 Å². The second-order valence-electron chi connectivity index (χ2n) is 4.50. The molecule has 0 aliphatic heterocycles. The zero-order valence-corrected chi connectivity index (χ0v) is 11.1. The van der Waals surface area contributed by atoms with Crippen LogP contribution in [0.4, 0.5) is 0 Å². The fourth-order valence-electron chi connectivity index (χ4n) is 1.82. The minimum atomic E-state index is -0.476. The molecule has 2 aromatic rings. The van der Waals surface area contributed by atoms with Gasteiger partial charge in [0, 0.05) is 6.42 Å². The third-order valence-corrected chi connectivity index (χ3v) is 2.92. The van der Waals surface area contributed by atoms with Gasteiger partial charge >= 0.3 is 5.91 Å². The third kappa shape index (κ3) is 3.71.